The summed E-state index contributed by atoms with van der Waals surface area (Å²) in [4.78, 5) is 0. The van der Waals surface area contributed by atoms with Gasteiger partial charge >= 0.3 is 0 Å². The molecule has 0 aliphatic carbocycles. The second kappa shape index (κ2) is 7.73. The van der Waals surface area contributed by atoms with Crippen LogP contribution in [-0.2, 0) is 4.57 Å². The minimum atomic E-state index is -2.35. The van der Waals surface area contributed by atoms with Gasteiger partial charge < -0.3 is 15.0 Å². The molecule has 3 nitrogen and oxygen atoms in total. The van der Waals surface area contributed by atoms with E-state index in [4.69, 9.17) is 0 Å². The predicted molar refractivity (Wildman–Crippen MR) is 93.3 cm³/mol. The third kappa shape index (κ3) is 4.54. The van der Waals surface area contributed by atoms with E-state index in [0.29, 0.717) is 12.7 Å². The highest BCUT2D eigenvalue weighted by atomic mass is 31.2. The van der Waals surface area contributed by atoms with Crippen molar-refractivity contribution in [3.8, 4) is 0 Å². The largest absolute Gasteiger partial charge is 0.387 e. The molecule has 2 N–H and O–H groups in total. The minimum Gasteiger partial charge on any atom is -0.387 e. The summed E-state index contributed by atoms with van der Waals surface area (Å²) in [5, 5.41) is 14.5. The lowest BCUT2D eigenvalue weighted by molar-refractivity contribution is 0.137. The number of aliphatic hydroxyl groups is 1. The number of benzene rings is 2. The lowest BCUT2D eigenvalue weighted by Gasteiger charge is -2.22. The molecule has 0 radical (unpaired) electrons. The topological polar surface area (TPSA) is 49.3 Å². The van der Waals surface area contributed by atoms with Crippen molar-refractivity contribution in [1.29, 1.82) is 0 Å². The van der Waals surface area contributed by atoms with Gasteiger partial charge in [-0.3, -0.25) is 0 Å². The zero-order chi connectivity index (χ0) is 16.0. The molecule has 0 spiro atoms. The van der Waals surface area contributed by atoms with E-state index in [0.717, 1.165) is 10.9 Å². The summed E-state index contributed by atoms with van der Waals surface area (Å²) in [5.41, 5.74) is 0.894. The molecule has 4 heteroatoms. The SMILES string of the molecule is C[C@H](NCC[P@@](C)(=O)c1ccccc1)[C@H](O)c1ccccc1. The Bertz CT molecular complexity index is 615. The van der Waals surface area contributed by atoms with E-state index in [2.05, 4.69) is 5.32 Å². The highest BCUT2D eigenvalue weighted by Crippen LogP contribution is 2.38. The van der Waals surface area contributed by atoms with Crippen LogP contribution in [0.1, 0.15) is 18.6 Å². The molecule has 22 heavy (non-hydrogen) atoms. The Morgan fingerprint density at radius 1 is 1.05 bits per heavy atom. The molecule has 3 atom stereocenters. The van der Waals surface area contributed by atoms with Crippen LogP contribution in [0.3, 0.4) is 0 Å². The minimum absolute atomic E-state index is 0.0850. The van der Waals surface area contributed by atoms with Crippen LogP contribution in [0.2, 0.25) is 0 Å². The molecule has 0 aliphatic heterocycles. The Morgan fingerprint density at radius 2 is 1.59 bits per heavy atom. The lowest BCUT2D eigenvalue weighted by Crippen LogP contribution is -2.34. The average molecular weight is 317 g/mol. The summed E-state index contributed by atoms with van der Waals surface area (Å²) in [6.07, 6.45) is 0.0252. The van der Waals surface area contributed by atoms with Gasteiger partial charge in [-0.2, -0.15) is 0 Å². The van der Waals surface area contributed by atoms with Crippen molar-refractivity contribution in [2.75, 3.05) is 19.4 Å². The first-order valence-corrected chi connectivity index (χ1v) is 9.93. The van der Waals surface area contributed by atoms with E-state index in [1.807, 2.05) is 74.3 Å². The molecule has 2 aromatic rings. The first-order chi connectivity index (χ1) is 10.5. The molecule has 0 bridgehead atoms. The number of hydrogen-bond donors (Lipinski definition) is 2. The van der Waals surface area contributed by atoms with Gasteiger partial charge in [-0.25, -0.2) is 0 Å². The number of aliphatic hydroxyl groups excluding tert-OH is 1. The van der Waals surface area contributed by atoms with Gasteiger partial charge in [0.05, 0.1) is 6.10 Å². The molecular weight excluding hydrogens is 293 g/mol. The van der Waals surface area contributed by atoms with Gasteiger partial charge in [0.1, 0.15) is 7.14 Å². The van der Waals surface area contributed by atoms with Crippen LogP contribution in [0.5, 0.6) is 0 Å². The van der Waals surface area contributed by atoms with Gasteiger partial charge in [0, 0.05) is 24.1 Å². The maximum Gasteiger partial charge on any atom is 0.113 e. The maximum atomic E-state index is 12.7. The van der Waals surface area contributed by atoms with Crippen LogP contribution in [-0.4, -0.2) is 30.5 Å². The molecule has 2 rings (SSSR count). The standard InChI is InChI=1S/C18H24NO2P/c1-15(18(20)16-9-5-3-6-10-16)19-13-14-22(2,21)17-11-7-4-8-12-17/h3-12,15,18-20H,13-14H2,1-2H3/t15-,18-,22+/m0/s1. The van der Waals surface area contributed by atoms with Crippen molar-refractivity contribution in [3.63, 3.8) is 0 Å². The van der Waals surface area contributed by atoms with E-state index < -0.39 is 13.2 Å². The van der Waals surface area contributed by atoms with Crippen molar-refractivity contribution in [1.82, 2.24) is 5.32 Å². The predicted octanol–water partition coefficient (Wildman–Crippen LogP) is 3.02. The van der Waals surface area contributed by atoms with Gasteiger partial charge in [-0.1, -0.05) is 60.7 Å². The van der Waals surface area contributed by atoms with Crippen molar-refractivity contribution in [2.24, 2.45) is 0 Å². The highest BCUT2D eigenvalue weighted by Gasteiger charge is 2.20. The smallest absolute Gasteiger partial charge is 0.113 e. The van der Waals surface area contributed by atoms with Crippen LogP contribution in [0.25, 0.3) is 0 Å². The summed E-state index contributed by atoms with van der Waals surface area (Å²) >= 11 is 0. The Labute approximate surface area is 132 Å². The average Bonchev–Trinajstić information content (AvgIpc) is 2.55. The van der Waals surface area contributed by atoms with Crippen molar-refractivity contribution >= 4 is 12.4 Å². The third-order valence-electron chi connectivity index (χ3n) is 3.92. The van der Waals surface area contributed by atoms with Crippen LogP contribution < -0.4 is 10.6 Å². The normalized spacial score (nSPS) is 16.7. The molecule has 0 heterocycles. The molecule has 0 amide bonds. The Balaban J connectivity index is 1.87. The fraction of sp³-hybridized carbons (Fsp3) is 0.333. The molecule has 0 unspecified atom stereocenters. The van der Waals surface area contributed by atoms with Gasteiger partial charge in [-0.15, -0.1) is 0 Å². The summed E-state index contributed by atoms with van der Waals surface area (Å²) in [6, 6.07) is 19.1. The second-order valence-electron chi connectivity index (χ2n) is 5.76. The van der Waals surface area contributed by atoms with Crippen molar-refractivity contribution in [2.45, 2.75) is 19.1 Å². The van der Waals surface area contributed by atoms with E-state index in [9.17, 15) is 9.67 Å². The van der Waals surface area contributed by atoms with Crippen molar-refractivity contribution in [3.05, 3.63) is 66.2 Å². The number of rotatable bonds is 7. The number of hydrogen-bond acceptors (Lipinski definition) is 3. The quantitative estimate of drug-likeness (QED) is 0.772. The fourth-order valence-corrected chi connectivity index (χ4v) is 4.05. The third-order valence-corrected chi connectivity index (χ3v) is 6.39. The first-order valence-electron chi connectivity index (χ1n) is 7.59. The summed E-state index contributed by atoms with van der Waals surface area (Å²) < 4.78 is 12.7. The Kier molecular flexibility index (Phi) is 5.96. The first kappa shape index (κ1) is 17.0. The van der Waals surface area contributed by atoms with E-state index in [1.165, 1.54) is 0 Å². The van der Waals surface area contributed by atoms with E-state index in [1.54, 1.807) is 0 Å². The summed E-state index contributed by atoms with van der Waals surface area (Å²) in [5.74, 6) is 0. The maximum absolute atomic E-state index is 12.7. The second-order valence-corrected chi connectivity index (χ2v) is 8.92. The molecule has 0 fully saturated rings. The molecular formula is C18H24NO2P. The summed E-state index contributed by atoms with van der Waals surface area (Å²) in [7, 11) is -2.35. The van der Waals surface area contributed by atoms with E-state index in [-0.39, 0.29) is 6.04 Å². The molecule has 118 valence electrons. The van der Waals surface area contributed by atoms with Gasteiger partial charge in [0.25, 0.3) is 0 Å². The number of nitrogens with one attached hydrogen (secondary N) is 1. The zero-order valence-corrected chi connectivity index (χ0v) is 14.0. The fourth-order valence-electron chi connectivity index (χ4n) is 2.43. The molecule has 0 saturated carbocycles. The van der Waals surface area contributed by atoms with E-state index >= 15 is 0 Å². The van der Waals surface area contributed by atoms with Crippen LogP contribution in [0, 0.1) is 0 Å². The van der Waals surface area contributed by atoms with Gasteiger partial charge in [-0.05, 0) is 19.2 Å². The van der Waals surface area contributed by atoms with Gasteiger partial charge in [0.2, 0.25) is 0 Å². The van der Waals surface area contributed by atoms with Crippen LogP contribution in [0.15, 0.2) is 60.7 Å². The molecule has 0 saturated heterocycles. The van der Waals surface area contributed by atoms with Crippen LogP contribution in [0.4, 0.5) is 0 Å². The van der Waals surface area contributed by atoms with Crippen molar-refractivity contribution < 1.29 is 9.67 Å². The molecule has 0 aromatic heterocycles. The molecule has 2 aromatic carbocycles. The van der Waals surface area contributed by atoms with Gasteiger partial charge in [0.15, 0.2) is 0 Å². The molecule has 0 aliphatic rings. The lowest BCUT2D eigenvalue weighted by atomic mass is 10.0. The summed E-state index contributed by atoms with van der Waals surface area (Å²) in [6.45, 7) is 4.39. The monoisotopic (exact) mass is 317 g/mol. The Morgan fingerprint density at radius 3 is 2.18 bits per heavy atom. The van der Waals surface area contributed by atoms with Crippen LogP contribution >= 0.6 is 7.14 Å². The Hall–Kier alpha value is -1.41. The highest BCUT2D eigenvalue weighted by molar-refractivity contribution is 7.70. The zero-order valence-electron chi connectivity index (χ0n) is 13.1.